The molecule has 0 spiro atoms. The van der Waals surface area contributed by atoms with Crippen molar-refractivity contribution in [2.24, 2.45) is 0 Å². The molecule has 2 unspecified atom stereocenters. The number of carbonyl (C=O) groups is 1. The van der Waals surface area contributed by atoms with Crippen LogP contribution in [0, 0.1) is 5.82 Å². The van der Waals surface area contributed by atoms with E-state index in [1.54, 1.807) is 0 Å². The van der Waals surface area contributed by atoms with Crippen molar-refractivity contribution in [1.82, 2.24) is 10.6 Å². The summed E-state index contributed by atoms with van der Waals surface area (Å²) in [5.74, 6) is -1.24. The number of rotatable bonds is 2. The smallest absolute Gasteiger partial charge is 0.255 e. The average molecular weight is 252 g/mol. The number of piperidine rings is 1. The number of carbonyl (C=O) groups excluding carboxylic acids is 1. The Kier molecular flexibility index (Phi) is 3.81. The van der Waals surface area contributed by atoms with E-state index in [1.165, 1.54) is 12.1 Å². The van der Waals surface area contributed by atoms with E-state index in [4.69, 9.17) is 0 Å². The summed E-state index contributed by atoms with van der Waals surface area (Å²) in [6.45, 7) is 2.93. The van der Waals surface area contributed by atoms with Crippen LogP contribution >= 0.6 is 0 Å². The van der Waals surface area contributed by atoms with Crippen LogP contribution in [0.1, 0.15) is 30.1 Å². The van der Waals surface area contributed by atoms with Gasteiger partial charge in [-0.15, -0.1) is 0 Å². The molecule has 4 nitrogen and oxygen atoms in total. The third kappa shape index (κ3) is 2.98. The molecule has 0 radical (unpaired) electrons. The Bertz CT molecular complexity index is 451. The molecule has 1 saturated heterocycles. The molecule has 98 valence electrons. The Balaban J connectivity index is 2.03. The van der Waals surface area contributed by atoms with E-state index in [1.807, 2.05) is 0 Å². The molecule has 5 heteroatoms. The summed E-state index contributed by atoms with van der Waals surface area (Å²) in [5.41, 5.74) is 0.114. The molecular formula is C13H17FN2O2. The topological polar surface area (TPSA) is 61.4 Å². The molecule has 0 aliphatic carbocycles. The van der Waals surface area contributed by atoms with Gasteiger partial charge in [-0.1, -0.05) is 0 Å². The normalized spacial score (nSPS) is 23.7. The number of aromatic hydroxyl groups is 1. The number of phenols is 1. The monoisotopic (exact) mass is 252 g/mol. The maximum absolute atomic E-state index is 12.8. The van der Waals surface area contributed by atoms with E-state index in [2.05, 4.69) is 17.6 Å². The molecule has 1 fully saturated rings. The minimum Gasteiger partial charge on any atom is -0.507 e. The van der Waals surface area contributed by atoms with Gasteiger partial charge in [0.15, 0.2) is 0 Å². The van der Waals surface area contributed by atoms with E-state index in [0.29, 0.717) is 6.04 Å². The molecular weight excluding hydrogens is 235 g/mol. The predicted octanol–water partition coefficient (Wildman–Crippen LogP) is 1.40. The van der Waals surface area contributed by atoms with E-state index in [-0.39, 0.29) is 23.3 Å². The second-order valence-electron chi connectivity index (χ2n) is 4.71. The zero-order chi connectivity index (χ0) is 13.1. The Morgan fingerprint density at radius 1 is 1.56 bits per heavy atom. The second-order valence-corrected chi connectivity index (χ2v) is 4.71. The fourth-order valence-corrected chi connectivity index (χ4v) is 2.22. The first-order chi connectivity index (χ1) is 8.56. The maximum Gasteiger partial charge on any atom is 0.255 e. The molecule has 1 aliphatic rings. The zero-order valence-electron chi connectivity index (χ0n) is 10.2. The van der Waals surface area contributed by atoms with Crippen LogP contribution in [0.2, 0.25) is 0 Å². The number of phenolic OH excluding ortho intramolecular Hbond substituents is 1. The quantitative estimate of drug-likeness (QED) is 0.745. The van der Waals surface area contributed by atoms with Crippen molar-refractivity contribution >= 4 is 5.91 Å². The van der Waals surface area contributed by atoms with Crippen LogP contribution in [0.4, 0.5) is 4.39 Å². The van der Waals surface area contributed by atoms with Crippen LogP contribution in [0.5, 0.6) is 5.75 Å². The van der Waals surface area contributed by atoms with Gasteiger partial charge in [0.1, 0.15) is 11.6 Å². The molecule has 1 amide bonds. The van der Waals surface area contributed by atoms with Crippen LogP contribution in [0.25, 0.3) is 0 Å². The van der Waals surface area contributed by atoms with Gasteiger partial charge in [0, 0.05) is 18.2 Å². The van der Waals surface area contributed by atoms with Crippen molar-refractivity contribution in [3.63, 3.8) is 0 Å². The van der Waals surface area contributed by atoms with Gasteiger partial charge in [-0.05, 0) is 38.4 Å². The fourth-order valence-electron chi connectivity index (χ4n) is 2.22. The number of halogens is 1. The molecule has 1 aromatic rings. The standard InChI is InChI=1S/C13H17FN2O2/c1-8-6-10(4-5-15-8)16-13(18)11-3-2-9(14)7-12(11)17/h2-3,7-8,10,15,17H,4-6H2,1H3,(H,16,18). The van der Waals surface area contributed by atoms with Crippen molar-refractivity contribution in [3.05, 3.63) is 29.6 Å². The highest BCUT2D eigenvalue weighted by Crippen LogP contribution is 2.18. The fraction of sp³-hybridized carbons (Fsp3) is 0.462. The molecule has 3 N–H and O–H groups in total. The van der Waals surface area contributed by atoms with Crippen molar-refractivity contribution < 1.29 is 14.3 Å². The summed E-state index contributed by atoms with van der Waals surface area (Å²) in [6, 6.07) is 3.87. The third-order valence-corrected chi connectivity index (χ3v) is 3.16. The molecule has 1 aromatic carbocycles. The minimum atomic E-state index is -0.556. The van der Waals surface area contributed by atoms with E-state index in [0.717, 1.165) is 25.5 Å². The molecule has 0 aromatic heterocycles. The van der Waals surface area contributed by atoms with Gasteiger partial charge in [-0.2, -0.15) is 0 Å². The highest BCUT2D eigenvalue weighted by molar-refractivity contribution is 5.96. The SMILES string of the molecule is CC1CC(NC(=O)c2ccc(F)cc2O)CCN1. The van der Waals surface area contributed by atoms with Crippen LogP contribution in [0.3, 0.4) is 0 Å². The minimum absolute atomic E-state index is 0.0956. The summed E-state index contributed by atoms with van der Waals surface area (Å²) in [5, 5.41) is 15.7. The van der Waals surface area contributed by atoms with Crippen LogP contribution < -0.4 is 10.6 Å². The zero-order valence-corrected chi connectivity index (χ0v) is 10.2. The van der Waals surface area contributed by atoms with Crippen molar-refractivity contribution in [2.75, 3.05) is 6.54 Å². The Hall–Kier alpha value is -1.62. The van der Waals surface area contributed by atoms with Crippen LogP contribution in [-0.4, -0.2) is 29.6 Å². The first-order valence-electron chi connectivity index (χ1n) is 6.09. The molecule has 2 rings (SSSR count). The predicted molar refractivity (Wildman–Crippen MR) is 66.0 cm³/mol. The lowest BCUT2D eigenvalue weighted by Crippen LogP contribution is -2.46. The highest BCUT2D eigenvalue weighted by Gasteiger charge is 2.21. The largest absolute Gasteiger partial charge is 0.507 e. The van der Waals surface area contributed by atoms with Gasteiger partial charge in [-0.3, -0.25) is 4.79 Å². The van der Waals surface area contributed by atoms with Gasteiger partial charge in [0.2, 0.25) is 0 Å². The number of hydrogen-bond acceptors (Lipinski definition) is 3. The molecule has 0 bridgehead atoms. The molecule has 2 atom stereocenters. The Morgan fingerprint density at radius 2 is 2.33 bits per heavy atom. The average Bonchev–Trinajstić information content (AvgIpc) is 2.28. The second kappa shape index (κ2) is 5.35. The lowest BCUT2D eigenvalue weighted by Gasteiger charge is -2.28. The number of amides is 1. The summed E-state index contributed by atoms with van der Waals surface area (Å²) in [6.07, 6.45) is 1.71. The van der Waals surface area contributed by atoms with Crippen molar-refractivity contribution in [2.45, 2.75) is 31.8 Å². The van der Waals surface area contributed by atoms with Crippen molar-refractivity contribution in [3.8, 4) is 5.75 Å². The first-order valence-corrected chi connectivity index (χ1v) is 6.09. The maximum atomic E-state index is 12.8. The van der Waals surface area contributed by atoms with Crippen LogP contribution in [0.15, 0.2) is 18.2 Å². The van der Waals surface area contributed by atoms with Gasteiger partial charge in [0.25, 0.3) is 5.91 Å². The highest BCUT2D eigenvalue weighted by atomic mass is 19.1. The lowest BCUT2D eigenvalue weighted by atomic mass is 10.00. The summed E-state index contributed by atoms with van der Waals surface area (Å²) < 4.78 is 12.8. The number of nitrogens with one attached hydrogen (secondary N) is 2. The first kappa shape index (κ1) is 12.8. The molecule has 1 heterocycles. The number of hydrogen-bond donors (Lipinski definition) is 3. The van der Waals surface area contributed by atoms with Gasteiger partial charge >= 0.3 is 0 Å². The van der Waals surface area contributed by atoms with Gasteiger partial charge in [-0.25, -0.2) is 4.39 Å². The molecule has 0 saturated carbocycles. The number of benzene rings is 1. The van der Waals surface area contributed by atoms with Gasteiger partial charge in [0.05, 0.1) is 5.56 Å². The van der Waals surface area contributed by atoms with Crippen molar-refractivity contribution in [1.29, 1.82) is 0 Å². The lowest BCUT2D eigenvalue weighted by molar-refractivity contribution is 0.0923. The van der Waals surface area contributed by atoms with E-state index >= 15 is 0 Å². The van der Waals surface area contributed by atoms with E-state index in [9.17, 15) is 14.3 Å². The third-order valence-electron chi connectivity index (χ3n) is 3.16. The molecule has 1 aliphatic heterocycles. The summed E-state index contributed by atoms with van der Waals surface area (Å²) in [7, 11) is 0. The molecule has 18 heavy (non-hydrogen) atoms. The van der Waals surface area contributed by atoms with E-state index < -0.39 is 5.82 Å². The van der Waals surface area contributed by atoms with Gasteiger partial charge < -0.3 is 15.7 Å². The summed E-state index contributed by atoms with van der Waals surface area (Å²) >= 11 is 0. The Labute approximate surface area is 105 Å². The Morgan fingerprint density at radius 3 is 3.00 bits per heavy atom. The summed E-state index contributed by atoms with van der Waals surface area (Å²) in [4.78, 5) is 11.9. The van der Waals surface area contributed by atoms with Crippen LogP contribution in [-0.2, 0) is 0 Å².